The molecule has 144 valence electrons. The monoisotopic (exact) mass is 386 g/mol. The normalized spacial score (nSPS) is 22.4. The van der Waals surface area contributed by atoms with E-state index < -0.39 is 5.41 Å². The third kappa shape index (κ3) is 3.88. The van der Waals surface area contributed by atoms with Crippen LogP contribution in [0.4, 0.5) is 5.69 Å². The first kappa shape index (κ1) is 19.9. The van der Waals surface area contributed by atoms with Gasteiger partial charge < -0.3 is 26.9 Å². The molecule has 4 nitrogen and oxygen atoms in total. The number of rotatable bonds is 5. The van der Waals surface area contributed by atoms with E-state index in [2.05, 4.69) is 37.3 Å². The molecule has 1 atom stereocenters. The van der Waals surface area contributed by atoms with E-state index in [0.717, 1.165) is 45.0 Å². The number of hydrogen-bond donors (Lipinski definition) is 1. The van der Waals surface area contributed by atoms with Gasteiger partial charge in [0.25, 0.3) is 0 Å². The fourth-order valence-corrected chi connectivity index (χ4v) is 4.20. The average molecular weight is 387 g/mol. The number of quaternary nitrogens is 1. The number of amides is 1. The number of carbonyl (C=O) groups is 1. The molecule has 27 heavy (non-hydrogen) atoms. The maximum absolute atomic E-state index is 13.5. The molecule has 0 bridgehead atoms. The zero-order valence-corrected chi connectivity index (χ0v) is 16.5. The Morgan fingerprint density at radius 2 is 1.70 bits per heavy atom. The summed E-state index contributed by atoms with van der Waals surface area (Å²) in [6.07, 6.45) is 0.878. The highest BCUT2D eigenvalue weighted by atomic mass is 35.5. The second-order valence-electron chi connectivity index (χ2n) is 7.59. The van der Waals surface area contributed by atoms with Crippen molar-refractivity contribution in [2.24, 2.45) is 0 Å². The van der Waals surface area contributed by atoms with Crippen LogP contribution in [0.25, 0.3) is 0 Å². The largest absolute Gasteiger partial charge is 1.00 e. The summed E-state index contributed by atoms with van der Waals surface area (Å²) in [5.74, 6) is 0.232. The van der Waals surface area contributed by atoms with E-state index in [4.69, 9.17) is 4.74 Å². The third-order valence-corrected chi connectivity index (χ3v) is 5.87. The number of benzene rings is 2. The highest BCUT2D eigenvalue weighted by Crippen LogP contribution is 2.44. The molecule has 2 aliphatic rings. The number of nitrogens with one attached hydrogen (secondary N) is 1. The van der Waals surface area contributed by atoms with Crippen LogP contribution in [0.1, 0.15) is 24.5 Å². The Bertz CT molecular complexity index is 777. The first-order valence-corrected chi connectivity index (χ1v) is 9.55. The average Bonchev–Trinajstić information content (AvgIpc) is 2.91. The summed E-state index contributed by atoms with van der Waals surface area (Å²) in [5, 5.41) is 0. The maximum atomic E-state index is 13.5. The van der Waals surface area contributed by atoms with Crippen LogP contribution in [0.15, 0.2) is 54.6 Å². The van der Waals surface area contributed by atoms with E-state index in [0.29, 0.717) is 6.54 Å². The summed E-state index contributed by atoms with van der Waals surface area (Å²) in [6, 6.07) is 18.5. The fourth-order valence-electron chi connectivity index (χ4n) is 4.20. The van der Waals surface area contributed by atoms with Crippen molar-refractivity contribution in [2.45, 2.75) is 25.3 Å². The van der Waals surface area contributed by atoms with E-state index >= 15 is 0 Å². The number of morpholine rings is 1. The van der Waals surface area contributed by atoms with Crippen molar-refractivity contribution in [2.75, 3.05) is 37.7 Å². The van der Waals surface area contributed by atoms with Gasteiger partial charge in [-0.05, 0) is 24.1 Å². The van der Waals surface area contributed by atoms with E-state index in [1.54, 1.807) is 4.90 Å². The van der Waals surface area contributed by atoms with Crippen LogP contribution in [0.5, 0.6) is 0 Å². The van der Waals surface area contributed by atoms with Crippen molar-refractivity contribution in [3.8, 4) is 0 Å². The van der Waals surface area contributed by atoms with Gasteiger partial charge in [-0.25, -0.2) is 0 Å². The fraction of sp³-hybridized carbons (Fsp3) is 0.409. The van der Waals surface area contributed by atoms with Crippen LogP contribution in [0.3, 0.4) is 0 Å². The van der Waals surface area contributed by atoms with Crippen LogP contribution in [-0.4, -0.2) is 38.8 Å². The van der Waals surface area contributed by atoms with Gasteiger partial charge in [0.15, 0.2) is 0 Å². The standard InChI is InChI=1S/C22H26N2O2.ClH/c1-22(11-12-23-13-15-26-16-14-23)19-9-5-6-10-20(19)24(21(22)25)17-18-7-3-2-4-8-18;/h2-10H,11-17H2,1H3;1H. The Labute approximate surface area is 167 Å². The minimum absolute atomic E-state index is 0. The van der Waals surface area contributed by atoms with Crippen molar-refractivity contribution in [1.82, 2.24) is 0 Å². The number of nitrogens with zero attached hydrogens (tertiary/aromatic N) is 1. The lowest BCUT2D eigenvalue weighted by Crippen LogP contribution is -3.14. The zero-order chi connectivity index (χ0) is 18.0. The predicted octanol–water partition coefficient (Wildman–Crippen LogP) is -1.20. The Kier molecular flexibility index (Phi) is 6.20. The molecular weight excluding hydrogens is 360 g/mol. The van der Waals surface area contributed by atoms with E-state index in [-0.39, 0.29) is 18.3 Å². The second kappa shape index (κ2) is 8.42. The number of carbonyl (C=O) groups excluding carboxylic acids is 1. The van der Waals surface area contributed by atoms with Gasteiger partial charge >= 0.3 is 0 Å². The van der Waals surface area contributed by atoms with Crippen LogP contribution in [-0.2, 0) is 21.5 Å². The lowest BCUT2D eigenvalue weighted by Gasteiger charge is -2.29. The molecule has 1 fully saturated rings. The lowest BCUT2D eigenvalue weighted by molar-refractivity contribution is -0.908. The third-order valence-electron chi connectivity index (χ3n) is 5.87. The summed E-state index contributed by atoms with van der Waals surface area (Å²) >= 11 is 0. The summed E-state index contributed by atoms with van der Waals surface area (Å²) in [5.41, 5.74) is 2.98. The Balaban J connectivity index is 0.00000210. The van der Waals surface area contributed by atoms with Gasteiger partial charge in [0, 0.05) is 12.1 Å². The summed E-state index contributed by atoms with van der Waals surface area (Å²) in [6.45, 7) is 7.52. The molecule has 5 heteroatoms. The van der Waals surface area contributed by atoms with Crippen molar-refractivity contribution in [1.29, 1.82) is 0 Å². The molecular formula is C22H27ClN2O2. The topological polar surface area (TPSA) is 34.0 Å². The van der Waals surface area contributed by atoms with Crippen LogP contribution < -0.4 is 22.2 Å². The minimum atomic E-state index is -0.434. The summed E-state index contributed by atoms with van der Waals surface area (Å²) in [7, 11) is 0. The maximum Gasteiger partial charge on any atom is 0.237 e. The molecule has 1 unspecified atom stereocenters. The zero-order valence-electron chi connectivity index (χ0n) is 15.8. The van der Waals surface area contributed by atoms with Crippen LogP contribution >= 0.6 is 0 Å². The second-order valence-corrected chi connectivity index (χ2v) is 7.59. The molecule has 0 aromatic heterocycles. The molecule has 0 aliphatic carbocycles. The van der Waals surface area contributed by atoms with Gasteiger partial charge in [-0.3, -0.25) is 4.79 Å². The first-order valence-electron chi connectivity index (χ1n) is 9.55. The molecule has 1 saturated heterocycles. The van der Waals surface area contributed by atoms with Crippen molar-refractivity contribution in [3.63, 3.8) is 0 Å². The molecule has 4 rings (SSSR count). The number of fused-ring (bicyclic) bond motifs is 1. The highest BCUT2D eigenvalue weighted by Gasteiger charge is 2.47. The van der Waals surface area contributed by atoms with Crippen molar-refractivity contribution >= 4 is 11.6 Å². The highest BCUT2D eigenvalue weighted by molar-refractivity contribution is 6.07. The smallest absolute Gasteiger partial charge is 0.237 e. The van der Waals surface area contributed by atoms with Gasteiger partial charge in [0.05, 0.1) is 31.7 Å². The molecule has 1 N–H and O–H groups in total. The van der Waals surface area contributed by atoms with Crippen molar-refractivity contribution in [3.05, 3.63) is 65.7 Å². The molecule has 0 radical (unpaired) electrons. The predicted molar refractivity (Wildman–Crippen MR) is 102 cm³/mol. The summed E-state index contributed by atoms with van der Waals surface area (Å²) in [4.78, 5) is 17.0. The van der Waals surface area contributed by atoms with Crippen LogP contribution in [0, 0.1) is 0 Å². The quantitative estimate of drug-likeness (QED) is 0.700. The number of halogens is 1. The SMILES string of the molecule is CC1(CC[NH+]2CCOCC2)C(=O)N(Cc2ccccc2)c2ccccc21.[Cl-]. The van der Waals surface area contributed by atoms with E-state index in [1.807, 2.05) is 29.2 Å². The van der Waals surface area contributed by atoms with E-state index in [9.17, 15) is 4.79 Å². The van der Waals surface area contributed by atoms with E-state index in [1.165, 1.54) is 11.1 Å². The Hall–Kier alpha value is -1.88. The molecule has 2 aromatic carbocycles. The van der Waals surface area contributed by atoms with Crippen molar-refractivity contribution < 1.29 is 26.8 Å². The minimum Gasteiger partial charge on any atom is -1.00 e. The molecule has 0 spiro atoms. The van der Waals surface area contributed by atoms with Gasteiger partial charge in [-0.1, -0.05) is 48.5 Å². The molecule has 0 saturated carbocycles. The molecule has 2 aliphatic heterocycles. The Morgan fingerprint density at radius 1 is 1.04 bits per heavy atom. The number of ether oxygens (including phenoxy) is 1. The number of anilines is 1. The van der Waals surface area contributed by atoms with Crippen LogP contribution in [0.2, 0.25) is 0 Å². The van der Waals surface area contributed by atoms with Gasteiger partial charge in [-0.2, -0.15) is 0 Å². The molecule has 2 heterocycles. The summed E-state index contributed by atoms with van der Waals surface area (Å²) < 4.78 is 5.46. The number of para-hydroxylation sites is 1. The molecule has 1 amide bonds. The number of hydrogen-bond acceptors (Lipinski definition) is 2. The van der Waals surface area contributed by atoms with Gasteiger partial charge in [-0.15, -0.1) is 0 Å². The Morgan fingerprint density at radius 3 is 2.44 bits per heavy atom. The molecule has 2 aromatic rings. The van der Waals surface area contributed by atoms with Gasteiger partial charge in [0.2, 0.25) is 5.91 Å². The lowest BCUT2D eigenvalue weighted by atomic mass is 9.80. The first-order chi connectivity index (χ1) is 12.7. The van der Waals surface area contributed by atoms with Gasteiger partial charge in [0.1, 0.15) is 13.1 Å².